The van der Waals surface area contributed by atoms with Gasteiger partial charge in [-0.05, 0) is 56.9 Å². The molecule has 1 N–H and O–H groups in total. The zero-order chi connectivity index (χ0) is 24.1. The SMILES string of the molecule is C=C=C(C)CC(C)CC(C)/C=C/C(C(=NCC)c1ccc(C)cc1)=C(/NC=NC)C(C)C. The molecular weight excluding hydrogens is 390 g/mol. The van der Waals surface area contributed by atoms with E-state index in [4.69, 9.17) is 4.99 Å². The highest BCUT2D eigenvalue weighted by Crippen LogP contribution is 2.23. The van der Waals surface area contributed by atoms with Crippen molar-refractivity contribution in [2.45, 2.75) is 61.3 Å². The summed E-state index contributed by atoms with van der Waals surface area (Å²) in [6.45, 7) is 19.8. The Labute approximate surface area is 196 Å². The van der Waals surface area contributed by atoms with Crippen molar-refractivity contribution in [1.29, 1.82) is 0 Å². The third-order valence-corrected chi connectivity index (χ3v) is 5.44. The summed E-state index contributed by atoms with van der Waals surface area (Å²) in [6, 6.07) is 8.63. The Hall–Kier alpha value is -2.64. The van der Waals surface area contributed by atoms with Gasteiger partial charge in [0.05, 0.1) is 12.1 Å². The van der Waals surface area contributed by atoms with Gasteiger partial charge in [-0.15, -0.1) is 5.73 Å². The maximum atomic E-state index is 4.93. The molecule has 0 heterocycles. The van der Waals surface area contributed by atoms with E-state index in [2.05, 4.69) is 108 Å². The fourth-order valence-electron chi connectivity index (χ4n) is 3.84. The van der Waals surface area contributed by atoms with Gasteiger partial charge in [0.1, 0.15) is 0 Å². The Morgan fingerprint density at radius 3 is 2.34 bits per heavy atom. The second-order valence-electron chi connectivity index (χ2n) is 9.04. The van der Waals surface area contributed by atoms with Crippen molar-refractivity contribution in [2.75, 3.05) is 13.6 Å². The predicted octanol–water partition coefficient (Wildman–Crippen LogP) is 7.30. The highest BCUT2D eigenvalue weighted by Gasteiger charge is 2.16. The van der Waals surface area contributed by atoms with Crippen LogP contribution in [0.4, 0.5) is 0 Å². The monoisotopic (exact) mass is 433 g/mol. The molecule has 0 aliphatic rings. The second-order valence-corrected chi connectivity index (χ2v) is 9.04. The quantitative estimate of drug-likeness (QED) is 0.160. The highest BCUT2D eigenvalue weighted by atomic mass is 14.9. The summed E-state index contributed by atoms with van der Waals surface area (Å²) in [7, 11) is 1.78. The number of benzene rings is 1. The van der Waals surface area contributed by atoms with Gasteiger partial charge in [-0.3, -0.25) is 9.98 Å². The average molecular weight is 434 g/mol. The van der Waals surface area contributed by atoms with Crippen LogP contribution in [0.2, 0.25) is 0 Å². The fourth-order valence-corrected chi connectivity index (χ4v) is 3.84. The van der Waals surface area contributed by atoms with Crippen LogP contribution in [0, 0.1) is 24.7 Å². The molecule has 0 amide bonds. The molecule has 2 unspecified atom stereocenters. The normalized spacial score (nSPS) is 15.1. The van der Waals surface area contributed by atoms with Crippen molar-refractivity contribution in [1.82, 2.24) is 5.32 Å². The van der Waals surface area contributed by atoms with E-state index in [1.807, 2.05) is 0 Å². The van der Waals surface area contributed by atoms with Crippen molar-refractivity contribution in [3.05, 3.63) is 76.7 Å². The van der Waals surface area contributed by atoms with E-state index < -0.39 is 0 Å². The summed E-state index contributed by atoms with van der Waals surface area (Å²) in [4.78, 5) is 9.08. The van der Waals surface area contributed by atoms with Crippen molar-refractivity contribution in [2.24, 2.45) is 27.7 Å². The van der Waals surface area contributed by atoms with Crippen LogP contribution in [-0.2, 0) is 0 Å². The summed E-state index contributed by atoms with van der Waals surface area (Å²) in [6.07, 6.45) is 8.51. The van der Waals surface area contributed by atoms with Crippen LogP contribution in [0.1, 0.15) is 65.5 Å². The van der Waals surface area contributed by atoms with Crippen LogP contribution >= 0.6 is 0 Å². The summed E-state index contributed by atoms with van der Waals surface area (Å²) < 4.78 is 0. The van der Waals surface area contributed by atoms with Crippen LogP contribution in [0.25, 0.3) is 0 Å². The Kier molecular flexibility index (Phi) is 12.4. The van der Waals surface area contributed by atoms with Crippen LogP contribution in [-0.4, -0.2) is 25.6 Å². The third kappa shape index (κ3) is 9.24. The maximum absolute atomic E-state index is 4.93. The molecule has 2 atom stereocenters. The summed E-state index contributed by atoms with van der Waals surface area (Å²) in [5.41, 5.74) is 9.92. The minimum Gasteiger partial charge on any atom is -0.349 e. The van der Waals surface area contributed by atoms with Gasteiger partial charge in [-0.25, -0.2) is 0 Å². The van der Waals surface area contributed by atoms with Crippen LogP contribution in [0.3, 0.4) is 0 Å². The first-order valence-electron chi connectivity index (χ1n) is 11.8. The molecule has 0 aromatic heterocycles. The van der Waals surface area contributed by atoms with Gasteiger partial charge < -0.3 is 5.32 Å². The van der Waals surface area contributed by atoms with Crippen molar-refractivity contribution in [3.63, 3.8) is 0 Å². The van der Waals surface area contributed by atoms with Crippen LogP contribution < -0.4 is 5.32 Å². The van der Waals surface area contributed by atoms with E-state index in [0.717, 1.165) is 41.9 Å². The lowest BCUT2D eigenvalue weighted by atomic mass is 9.90. The molecule has 0 saturated carbocycles. The topological polar surface area (TPSA) is 36.8 Å². The van der Waals surface area contributed by atoms with Gasteiger partial charge in [0.15, 0.2) is 0 Å². The van der Waals surface area contributed by atoms with Gasteiger partial charge in [-0.1, -0.05) is 76.3 Å². The number of nitrogens with one attached hydrogen (secondary N) is 1. The first-order valence-corrected chi connectivity index (χ1v) is 11.8. The second kappa shape index (κ2) is 14.4. The molecule has 0 radical (unpaired) electrons. The number of aliphatic imine (C=N–C) groups is 2. The van der Waals surface area contributed by atoms with Gasteiger partial charge in [0.2, 0.25) is 0 Å². The Morgan fingerprint density at radius 1 is 1.16 bits per heavy atom. The Bertz CT molecular complexity index is 875. The molecule has 3 heteroatoms. The first kappa shape index (κ1) is 27.4. The minimum atomic E-state index is 0.301. The van der Waals surface area contributed by atoms with Gasteiger partial charge in [-0.2, -0.15) is 0 Å². The fraction of sp³-hybridized carbons (Fsp3) is 0.483. The first-order chi connectivity index (χ1) is 15.2. The number of allylic oxidation sites excluding steroid dienone is 5. The number of rotatable bonds is 12. The van der Waals surface area contributed by atoms with Gasteiger partial charge in [0.25, 0.3) is 0 Å². The number of hydrogen-bond donors (Lipinski definition) is 1. The zero-order valence-corrected chi connectivity index (χ0v) is 21.5. The highest BCUT2D eigenvalue weighted by molar-refractivity contribution is 6.15. The van der Waals surface area contributed by atoms with E-state index in [-0.39, 0.29) is 0 Å². The van der Waals surface area contributed by atoms with E-state index in [1.165, 1.54) is 11.1 Å². The molecule has 0 bridgehead atoms. The molecule has 0 spiro atoms. The smallest absolute Gasteiger partial charge is 0.0862 e. The third-order valence-electron chi connectivity index (χ3n) is 5.44. The van der Waals surface area contributed by atoms with Crippen LogP contribution in [0.15, 0.2) is 75.6 Å². The van der Waals surface area contributed by atoms with E-state index in [0.29, 0.717) is 17.8 Å². The lowest BCUT2D eigenvalue weighted by Gasteiger charge is -2.19. The summed E-state index contributed by atoms with van der Waals surface area (Å²) in [5.74, 6) is 1.34. The molecule has 1 rings (SSSR count). The summed E-state index contributed by atoms with van der Waals surface area (Å²) >= 11 is 0. The molecule has 0 saturated heterocycles. The van der Waals surface area contributed by atoms with Crippen molar-refractivity contribution < 1.29 is 0 Å². The van der Waals surface area contributed by atoms with Gasteiger partial charge in [0, 0.05) is 30.4 Å². The molecule has 32 heavy (non-hydrogen) atoms. The molecule has 3 nitrogen and oxygen atoms in total. The van der Waals surface area contributed by atoms with E-state index in [1.54, 1.807) is 13.4 Å². The molecule has 1 aromatic carbocycles. The van der Waals surface area contributed by atoms with E-state index in [9.17, 15) is 0 Å². The average Bonchev–Trinajstić information content (AvgIpc) is 2.74. The maximum Gasteiger partial charge on any atom is 0.0862 e. The van der Waals surface area contributed by atoms with Crippen molar-refractivity contribution in [3.8, 4) is 0 Å². The van der Waals surface area contributed by atoms with Crippen LogP contribution in [0.5, 0.6) is 0 Å². The molecule has 0 fully saturated rings. The van der Waals surface area contributed by atoms with Crippen molar-refractivity contribution >= 4 is 12.1 Å². The van der Waals surface area contributed by atoms with Gasteiger partial charge >= 0.3 is 0 Å². The minimum absolute atomic E-state index is 0.301. The molecule has 0 aliphatic carbocycles. The molecule has 174 valence electrons. The predicted molar refractivity (Wildman–Crippen MR) is 143 cm³/mol. The standard InChI is InChI=1S/C29H43N3/c1-10-22(5)18-25(8)19-24(7)14-17-27(28(21(3)4)32-20-30-9)29(31-11-2)26-15-12-23(6)13-16-26/h12-17,20-21,24-25H,1,11,18-19H2,2-9H3,(H,30,32)/b17-14+,28-27-,31-29?. The number of hydrogen-bond acceptors (Lipinski definition) is 2. The lowest BCUT2D eigenvalue weighted by molar-refractivity contribution is 0.463. The molecule has 1 aromatic rings. The number of aryl methyl sites for hydroxylation is 1. The number of nitrogens with zero attached hydrogens (tertiary/aromatic N) is 2. The zero-order valence-electron chi connectivity index (χ0n) is 21.5. The summed E-state index contributed by atoms with van der Waals surface area (Å²) in [5, 5.41) is 3.42. The Morgan fingerprint density at radius 2 is 1.81 bits per heavy atom. The Balaban J connectivity index is 3.42. The van der Waals surface area contributed by atoms with E-state index >= 15 is 0 Å². The molecular formula is C29H43N3. The lowest BCUT2D eigenvalue weighted by Crippen LogP contribution is -2.21. The molecule has 0 aliphatic heterocycles. The largest absolute Gasteiger partial charge is 0.349 e.